The standard InChI is InChI=1S/C18H23ClN2O4/c1-2-25-17(23)11-16(22)20-13-8-9-15(19)14(10-13)18(24)21-12-6-4-3-5-7-12/h8-10,12H,2-7,11H2,1H3,(H,20,22)(H,21,24). The fraction of sp³-hybridized carbons (Fsp3) is 0.500. The molecule has 1 saturated carbocycles. The van der Waals surface area contributed by atoms with Crippen LogP contribution in [-0.4, -0.2) is 30.4 Å². The molecule has 25 heavy (non-hydrogen) atoms. The molecule has 1 aromatic carbocycles. The highest BCUT2D eigenvalue weighted by molar-refractivity contribution is 6.34. The summed E-state index contributed by atoms with van der Waals surface area (Å²) in [4.78, 5) is 35.6. The molecule has 0 aromatic heterocycles. The number of ether oxygens (including phenoxy) is 1. The van der Waals surface area contributed by atoms with Crippen LogP contribution in [0.15, 0.2) is 18.2 Å². The van der Waals surface area contributed by atoms with E-state index in [-0.39, 0.29) is 25.0 Å². The topological polar surface area (TPSA) is 84.5 Å². The molecular formula is C18H23ClN2O4. The lowest BCUT2D eigenvalue weighted by Gasteiger charge is -2.23. The first-order chi connectivity index (χ1) is 12.0. The summed E-state index contributed by atoms with van der Waals surface area (Å²) < 4.78 is 4.73. The summed E-state index contributed by atoms with van der Waals surface area (Å²) in [5.74, 6) is -1.35. The van der Waals surface area contributed by atoms with Crippen molar-refractivity contribution >= 4 is 35.1 Å². The van der Waals surface area contributed by atoms with Gasteiger partial charge in [0.25, 0.3) is 5.91 Å². The molecule has 0 unspecified atom stereocenters. The van der Waals surface area contributed by atoms with Crippen LogP contribution in [0.4, 0.5) is 5.69 Å². The molecule has 2 rings (SSSR count). The monoisotopic (exact) mass is 366 g/mol. The number of amides is 2. The number of esters is 1. The molecule has 0 saturated heterocycles. The van der Waals surface area contributed by atoms with Crippen LogP contribution in [-0.2, 0) is 14.3 Å². The molecule has 0 atom stereocenters. The molecule has 2 N–H and O–H groups in total. The Kier molecular flexibility index (Phi) is 7.25. The average Bonchev–Trinajstić information content (AvgIpc) is 2.57. The van der Waals surface area contributed by atoms with Gasteiger partial charge in [-0.3, -0.25) is 14.4 Å². The summed E-state index contributed by atoms with van der Waals surface area (Å²) in [6.45, 7) is 1.89. The van der Waals surface area contributed by atoms with Gasteiger partial charge >= 0.3 is 5.97 Å². The van der Waals surface area contributed by atoms with Gasteiger partial charge in [0.15, 0.2) is 0 Å². The molecule has 0 heterocycles. The number of benzene rings is 1. The molecule has 1 aromatic rings. The van der Waals surface area contributed by atoms with E-state index in [9.17, 15) is 14.4 Å². The SMILES string of the molecule is CCOC(=O)CC(=O)Nc1ccc(Cl)c(C(=O)NC2CCCCC2)c1. The second-order valence-corrected chi connectivity index (χ2v) is 6.44. The van der Waals surface area contributed by atoms with Crippen molar-refractivity contribution in [3.8, 4) is 0 Å². The minimum absolute atomic E-state index is 0.166. The summed E-state index contributed by atoms with van der Waals surface area (Å²) in [6.07, 6.45) is 5.00. The maximum atomic E-state index is 12.5. The molecule has 0 aliphatic heterocycles. The molecule has 1 aliphatic carbocycles. The number of hydrogen-bond donors (Lipinski definition) is 2. The van der Waals surface area contributed by atoms with E-state index in [2.05, 4.69) is 10.6 Å². The fourth-order valence-corrected chi connectivity index (χ4v) is 3.04. The predicted molar refractivity (Wildman–Crippen MR) is 95.7 cm³/mol. The van der Waals surface area contributed by atoms with Crippen molar-refractivity contribution in [2.24, 2.45) is 0 Å². The Morgan fingerprint density at radius 2 is 1.92 bits per heavy atom. The first-order valence-electron chi connectivity index (χ1n) is 8.55. The van der Waals surface area contributed by atoms with Crippen LogP contribution in [0.2, 0.25) is 5.02 Å². The third-order valence-corrected chi connectivity index (χ3v) is 4.37. The van der Waals surface area contributed by atoms with Crippen molar-refractivity contribution in [3.05, 3.63) is 28.8 Å². The van der Waals surface area contributed by atoms with E-state index in [1.807, 2.05) is 0 Å². The van der Waals surface area contributed by atoms with Crippen LogP contribution in [0.3, 0.4) is 0 Å². The highest BCUT2D eigenvalue weighted by Crippen LogP contribution is 2.23. The zero-order chi connectivity index (χ0) is 18.2. The average molecular weight is 367 g/mol. The van der Waals surface area contributed by atoms with E-state index in [4.69, 9.17) is 16.3 Å². The van der Waals surface area contributed by atoms with Gasteiger partial charge in [0, 0.05) is 11.7 Å². The Labute approximate surface area is 152 Å². The zero-order valence-electron chi connectivity index (χ0n) is 14.3. The van der Waals surface area contributed by atoms with Gasteiger partial charge in [0.2, 0.25) is 5.91 Å². The van der Waals surface area contributed by atoms with Gasteiger partial charge in [-0.25, -0.2) is 0 Å². The Bertz CT molecular complexity index is 642. The summed E-state index contributed by atoms with van der Waals surface area (Å²) in [7, 11) is 0. The van der Waals surface area contributed by atoms with Crippen molar-refractivity contribution in [2.75, 3.05) is 11.9 Å². The van der Waals surface area contributed by atoms with Gasteiger partial charge in [-0.05, 0) is 38.0 Å². The second kappa shape index (κ2) is 9.42. The molecule has 7 heteroatoms. The van der Waals surface area contributed by atoms with Crippen molar-refractivity contribution in [1.82, 2.24) is 5.32 Å². The lowest BCUT2D eigenvalue weighted by molar-refractivity contribution is -0.145. The van der Waals surface area contributed by atoms with E-state index >= 15 is 0 Å². The molecule has 2 amide bonds. The molecule has 0 spiro atoms. The number of rotatable bonds is 6. The van der Waals surface area contributed by atoms with Crippen LogP contribution < -0.4 is 10.6 Å². The fourth-order valence-electron chi connectivity index (χ4n) is 2.84. The third kappa shape index (κ3) is 6.05. The summed E-state index contributed by atoms with van der Waals surface area (Å²) in [5, 5.41) is 5.89. The van der Waals surface area contributed by atoms with E-state index in [0.717, 1.165) is 25.7 Å². The quantitative estimate of drug-likeness (QED) is 0.597. The number of carbonyl (C=O) groups excluding carboxylic acids is 3. The summed E-state index contributed by atoms with van der Waals surface area (Å²) >= 11 is 6.12. The normalized spacial score (nSPS) is 14.6. The molecule has 1 aliphatic rings. The van der Waals surface area contributed by atoms with Gasteiger partial charge in [0.05, 0.1) is 17.2 Å². The van der Waals surface area contributed by atoms with E-state index < -0.39 is 11.9 Å². The Hall–Kier alpha value is -2.08. The highest BCUT2D eigenvalue weighted by atomic mass is 35.5. The maximum Gasteiger partial charge on any atom is 0.315 e. The number of hydrogen-bond acceptors (Lipinski definition) is 4. The van der Waals surface area contributed by atoms with Gasteiger partial charge in [-0.2, -0.15) is 0 Å². The van der Waals surface area contributed by atoms with Gasteiger partial charge in [-0.15, -0.1) is 0 Å². The van der Waals surface area contributed by atoms with Crippen molar-refractivity contribution in [1.29, 1.82) is 0 Å². The molecule has 0 bridgehead atoms. The highest BCUT2D eigenvalue weighted by Gasteiger charge is 2.19. The second-order valence-electron chi connectivity index (χ2n) is 6.03. The van der Waals surface area contributed by atoms with Crippen LogP contribution >= 0.6 is 11.6 Å². The lowest BCUT2D eigenvalue weighted by atomic mass is 9.95. The maximum absolute atomic E-state index is 12.5. The van der Waals surface area contributed by atoms with Crippen molar-refractivity contribution in [3.63, 3.8) is 0 Å². The molecule has 6 nitrogen and oxygen atoms in total. The first kappa shape index (κ1) is 19.2. The van der Waals surface area contributed by atoms with Crippen LogP contribution in [0.25, 0.3) is 0 Å². The number of nitrogens with one attached hydrogen (secondary N) is 2. The minimum atomic E-state index is -0.593. The van der Waals surface area contributed by atoms with Gasteiger partial charge in [0.1, 0.15) is 6.42 Å². The molecule has 1 fully saturated rings. The van der Waals surface area contributed by atoms with Gasteiger partial charge < -0.3 is 15.4 Å². The Morgan fingerprint density at radius 3 is 2.60 bits per heavy atom. The zero-order valence-corrected chi connectivity index (χ0v) is 15.0. The van der Waals surface area contributed by atoms with Crippen LogP contribution in [0, 0.1) is 0 Å². The minimum Gasteiger partial charge on any atom is -0.466 e. The molecule has 136 valence electrons. The Balaban J connectivity index is 1.99. The summed E-state index contributed by atoms with van der Waals surface area (Å²) in [6, 6.07) is 4.82. The van der Waals surface area contributed by atoms with E-state index in [1.165, 1.54) is 12.5 Å². The van der Waals surface area contributed by atoms with E-state index in [0.29, 0.717) is 16.3 Å². The first-order valence-corrected chi connectivity index (χ1v) is 8.93. The summed E-state index contributed by atoms with van der Waals surface area (Å²) in [5.41, 5.74) is 0.716. The Morgan fingerprint density at radius 1 is 1.20 bits per heavy atom. The number of halogens is 1. The van der Waals surface area contributed by atoms with E-state index in [1.54, 1.807) is 19.1 Å². The largest absolute Gasteiger partial charge is 0.466 e. The number of carbonyl (C=O) groups is 3. The number of anilines is 1. The van der Waals surface area contributed by atoms with Crippen LogP contribution in [0.5, 0.6) is 0 Å². The smallest absolute Gasteiger partial charge is 0.315 e. The predicted octanol–water partition coefficient (Wildman–Crippen LogP) is 3.29. The molecular weight excluding hydrogens is 344 g/mol. The molecule has 0 radical (unpaired) electrons. The van der Waals surface area contributed by atoms with Crippen molar-refractivity contribution in [2.45, 2.75) is 51.5 Å². The van der Waals surface area contributed by atoms with Crippen LogP contribution in [0.1, 0.15) is 55.8 Å². The van der Waals surface area contributed by atoms with Gasteiger partial charge in [-0.1, -0.05) is 30.9 Å². The van der Waals surface area contributed by atoms with Crippen molar-refractivity contribution < 1.29 is 19.1 Å². The lowest BCUT2D eigenvalue weighted by Crippen LogP contribution is -2.36. The third-order valence-electron chi connectivity index (χ3n) is 4.05.